The Morgan fingerprint density at radius 1 is 1.14 bits per heavy atom. The molecule has 0 bridgehead atoms. The second kappa shape index (κ2) is 5.99. The summed E-state index contributed by atoms with van der Waals surface area (Å²) in [6, 6.07) is 3.12. The number of H-pyrrole nitrogens is 2. The Hall–Kier alpha value is -2.97. The number of aromatic amines is 2. The topological polar surface area (TPSA) is 118 Å². The average Bonchev–Trinajstić information content (AvgIpc) is 2.92. The van der Waals surface area contributed by atoms with Gasteiger partial charge in [-0.1, -0.05) is 0 Å². The van der Waals surface area contributed by atoms with Gasteiger partial charge in [0.25, 0.3) is 5.91 Å². The molecule has 1 aromatic carbocycles. The SMILES string of the molecule is COc1cc(NC(=O)c2n[nH]c(=O)[nH]2)cc(OC)c1OC. The van der Waals surface area contributed by atoms with Crippen molar-refractivity contribution in [3.05, 3.63) is 28.4 Å². The molecular weight excluding hydrogens is 280 g/mol. The zero-order chi connectivity index (χ0) is 15.4. The van der Waals surface area contributed by atoms with E-state index in [0.717, 1.165) is 0 Å². The fourth-order valence-electron chi connectivity index (χ4n) is 1.72. The minimum atomic E-state index is -0.581. The maximum Gasteiger partial charge on any atom is 0.341 e. The molecule has 0 saturated carbocycles. The quantitative estimate of drug-likeness (QED) is 0.733. The zero-order valence-electron chi connectivity index (χ0n) is 11.6. The molecule has 0 aliphatic heterocycles. The van der Waals surface area contributed by atoms with Crippen LogP contribution >= 0.6 is 0 Å². The van der Waals surface area contributed by atoms with Crippen LogP contribution in [0.5, 0.6) is 17.2 Å². The van der Waals surface area contributed by atoms with Crippen LogP contribution in [-0.4, -0.2) is 42.4 Å². The van der Waals surface area contributed by atoms with Crippen molar-refractivity contribution < 1.29 is 19.0 Å². The van der Waals surface area contributed by atoms with Gasteiger partial charge in [0.2, 0.25) is 11.6 Å². The molecule has 0 spiro atoms. The Morgan fingerprint density at radius 3 is 2.19 bits per heavy atom. The fraction of sp³-hybridized carbons (Fsp3) is 0.250. The lowest BCUT2D eigenvalue weighted by Gasteiger charge is -2.14. The van der Waals surface area contributed by atoms with Crippen molar-refractivity contribution in [2.45, 2.75) is 0 Å². The highest BCUT2D eigenvalue weighted by atomic mass is 16.5. The Kier molecular flexibility index (Phi) is 4.12. The van der Waals surface area contributed by atoms with Crippen LogP contribution in [0.1, 0.15) is 10.6 Å². The Labute approximate surface area is 119 Å². The number of amides is 1. The number of carbonyl (C=O) groups is 1. The molecule has 9 heteroatoms. The van der Waals surface area contributed by atoms with E-state index in [1.807, 2.05) is 0 Å². The second-order valence-electron chi connectivity index (χ2n) is 3.89. The maximum atomic E-state index is 11.9. The Morgan fingerprint density at radius 2 is 1.76 bits per heavy atom. The van der Waals surface area contributed by atoms with Gasteiger partial charge in [0.05, 0.1) is 21.3 Å². The molecule has 0 saturated heterocycles. The minimum absolute atomic E-state index is 0.131. The molecule has 3 N–H and O–H groups in total. The summed E-state index contributed by atoms with van der Waals surface area (Å²) in [5, 5.41) is 8.21. The van der Waals surface area contributed by atoms with Crippen LogP contribution in [0.15, 0.2) is 16.9 Å². The van der Waals surface area contributed by atoms with Crippen LogP contribution in [0.3, 0.4) is 0 Å². The van der Waals surface area contributed by atoms with Crippen LogP contribution in [0.25, 0.3) is 0 Å². The van der Waals surface area contributed by atoms with Crippen molar-refractivity contribution in [1.82, 2.24) is 15.2 Å². The lowest BCUT2D eigenvalue weighted by atomic mass is 10.2. The molecule has 1 heterocycles. The molecule has 0 aliphatic carbocycles. The molecule has 1 aromatic heterocycles. The van der Waals surface area contributed by atoms with Gasteiger partial charge in [0, 0.05) is 17.8 Å². The first-order valence-corrected chi connectivity index (χ1v) is 5.85. The molecule has 21 heavy (non-hydrogen) atoms. The lowest BCUT2D eigenvalue weighted by molar-refractivity contribution is 0.101. The molecule has 112 valence electrons. The van der Waals surface area contributed by atoms with Gasteiger partial charge in [-0.3, -0.25) is 9.78 Å². The van der Waals surface area contributed by atoms with Crippen molar-refractivity contribution in [2.24, 2.45) is 0 Å². The third-order valence-corrected chi connectivity index (χ3v) is 2.64. The Balaban J connectivity index is 2.32. The number of nitrogens with one attached hydrogen (secondary N) is 3. The summed E-state index contributed by atoms with van der Waals surface area (Å²) in [5.74, 6) is 0.480. The number of methoxy groups -OCH3 is 3. The largest absolute Gasteiger partial charge is 0.493 e. The predicted molar refractivity (Wildman–Crippen MR) is 73.3 cm³/mol. The average molecular weight is 294 g/mol. The second-order valence-corrected chi connectivity index (χ2v) is 3.89. The molecule has 0 aliphatic rings. The Bertz CT molecular complexity index is 681. The van der Waals surface area contributed by atoms with Crippen molar-refractivity contribution in [2.75, 3.05) is 26.6 Å². The molecule has 9 nitrogen and oxygen atoms in total. The van der Waals surface area contributed by atoms with Crippen LogP contribution in [-0.2, 0) is 0 Å². The summed E-state index contributed by atoms with van der Waals surface area (Å²) in [4.78, 5) is 25.1. The number of nitrogens with zero attached hydrogens (tertiary/aromatic N) is 1. The van der Waals surface area contributed by atoms with E-state index in [-0.39, 0.29) is 5.82 Å². The lowest BCUT2D eigenvalue weighted by Crippen LogP contribution is -2.15. The molecule has 2 aromatic rings. The fourth-order valence-corrected chi connectivity index (χ4v) is 1.72. The van der Waals surface area contributed by atoms with Crippen molar-refractivity contribution in [3.63, 3.8) is 0 Å². The number of rotatable bonds is 5. The maximum absolute atomic E-state index is 11.9. The highest BCUT2D eigenvalue weighted by Crippen LogP contribution is 2.39. The number of hydrogen-bond donors (Lipinski definition) is 3. The summed E-state index contributed by atoms with van der Waals surface area (Å²) in [6.07, 6.45) is 0. The highest BCUT2D eigenvalue weighted by molar-refractivity contribution is 6.01. The monoisotopic (exact) mass is 294 g/mol. The van der Waals surface area contributed by atoms with Gasteiger partial charge >= 0.3 is 5.69 Å². The van der Waals surface area contributed by atoms with Crippen LogP contribution < -0.4 is 25.2 Å². The first-order chi connectivity index (χ1) is 10.1. The highest BCUT2D eigenvalue weighted by Gasteiger charge is 2.16. The molecule has 0 unspecified atom stereocenters. The van der Waals surface area contributed by atoms with Crippen LogP contribution in [0.4, 0.5) is 5.69 Å². The van der Waals surface area contributed by atoms with E-state index in [0.29, 0.717) is 22.9 Å². The van der Waals surface area contributed by atoms with Gasteiger partial charge in [0.1, 0.15) is 0 Å². The smallest absolute Gasteiger partial charge is 0.341 e. The minimum Gasteiger partial charge on any atom is -0.493 e. The molecule has 0 fully saturated rings. The van der Waals surface area contributed by atoms with Crippen molar-refractivity contribution in [1.29, 1.82) is 0 Å². The summed E-state index contributed by atoms with van der Waals surface area (Å²) < 4.78 is 15.5. The third-order valence-electron chi connectivity index (χ3n) is 2.64. The normalized spacial score (nSPS) is 10.0. The molecular formula is C12H14N4O5. The van der Waals surface area contributed by atoms with E-state index in [9.17, 15) is 9.59 Å². The van der Waals surface area contributed by atoms with E-state index in [4.69, 9.17) is 14.2 Å². The van der Waals surface area contributed by atoms with E-state index < -0.39 is 11.6 Å². The van der Waals surface area contributed by atoms with E-state index >= 15 is 0 Å². The molecule has 2 rings (SSSR count). The van der Waals surface area contributed by atoms with E-state index in [1.54, 1.807) is 12.1 Å². The predicted octanol–water partition coefficient (Wildman–Crippen LogP) is 0.376. The summed E-state index contributed by atoms with van der Waals surface area (Å²) >= 11 is 0. The number of anilines is 1. The van der Waals surface area contributed by atoms with Crippen molar-refractivity contribution >= 4 is 11.6 Å². The number of carbonyl (C=O) groups excluding carboxylic acids is 1. The van der Waals surface area contributed by atoms with Gasteiger partial charge in [0.15, 0.2) is 11.5 Å². The van der Waals surface area contributed by atoms with Gasteiger partial charge in [-0.15, -0.1) is 5.10 Å². The summed E-state index contributed by atoms with van der Waals surface area (Å²) in [6.45, 7) is 0. The first kappa shape index (κ1) is 14.4. The number of ether oxygens (including phenoxy) is 3. The third kappa shape index (κ3) is 2.96. The number of hydrogen-bond acceptors (Lipinski definition) is 6. The van der Waals surface area contributed by atoms with Gasteiger partial charge < -0.3 is 19.5 Å². The summed E-state index contributed by atoms with van der Waals surface area (Å²) in [7, 11) is 4.41. The molecule has 0 atom stereocenters. The van der Waals surface area contributed by atoms with Crippen LogP contribution in [0, 0.1) is 0 Å². The van der Waals surface area contributed by atoms with Gasteiger partial charge in [-0.2, -0.15) is 0 Å². The zero-order valence-corrected chi connectivity index (χ0v) is 11.6. The number of benzene rings is 1. The number of aromatic nitrogens is 3. The van der Waals surface area contributed by atoms with E-state index in [1.165, 1.54) is 21.3 Å². The molecule has 1 amide bonds. The standard InChI is InChI=1S/C12H14N4O5/c1-19-7-4-6(5-8(20-2)9(7)21-3)13-11(17)10-14-12(18)16-15-10/h4-5H,1-3H3,(H,13,17)(H2,14,15,16,18). The first-order valence-electron chi connectivity index (χ1n) is 5.85. The van der Waals surface area contributed by atoms with Crippen LogP contribution in [0.2, 0.25) is 0 Å². The van der Waals surface area contributed by atoms with Gasteiger partial charge in [-0.25, -0.2) is 9.89 Å². The van der Waals surface area contributed by atoms with E-state index in [2.05, 4.69) is 20.5 Å². The van der Waals surface area contributed by atoms with Crippen molar-refractivity contribution in [3.8, 4) is 17.2 Å². The van der Waals surface area contributed by atoms with Gasteiger partial charge in [-0.05, 0) is 0 Å². The molecule has 0 radical (unpaired) electrons. The summed E-state index contributed by atoms with van der Waals surface area (Å²) in [5.41, 5.74) is -0.164.